The molecule has 0 amide bonds. The third-order valence-electron chi connectivity index (χ3n) is 2.55. The second kappa shape index (κ2) is 4.22. The quantitative estimate of drug-likeness (QED) is 0.822. The van der Waals surface area contributed by atoms with Crippen LogP contribution in [0.2, 0.25) is 0 Å². The molecule has 0 bridgehead atoms. The third kappa shape index (κ3) is 2.15. The summed E-state index contributed by atoms with van der Waals surface area (Å²) in [5.74, 6) is 0.905. The molecule has 0 saturated heterocycles. The maximum absolute atomic E-state index is 5.95. The highest BCUT2D eigenvalue weighted by atomic mass is 79.9. The minimum absolute atomic E-state index is 0.249. The molecule has 1 aromatic carbocycles. The van der Waals surface area contributed by atoms with Crippen molar-refractivity contribution >= 4 is 22.0 Å². The molecule has 2 rings (SSSR count). The number of rotatable bonds is 2. The van der Waals surface area contributed by atoms with Crippen LogP contribution in [0.15, 0.2) is 22.7 Å². The largest absolute Gasteiger partial charge is 0.482 e. The SMILES string of the molecule is COCc1ccc(Br)c2c1C=CC(C)(C)O2. The van der Waals surface area contributed by atoms with Crippen molar-refractivity contribution in [2.75, 3.05) is 7.11 Å². The molecule has 16 heavy (non-hydrogen) atoms. The van der Waals surface area contributed by atoms with Crippen LogP contribution in [0.5, 0.6) is 5.75 Å². The first-order chi connectivity index (χ1) is 7.53. The van der Waals surface area contributed by atoms with Crippen LogP contribution in [0.1, 0.15) is 25.0 Å². The summed E-state index contributed by atoms with van der Waals surface area (Å²) >= 11 is 3.52. The lowest BCUT2D eigenvalue weighted by Crippen LogP contribution is -2.28. The van der Waals surface area contributed by atoms with Crippen molar-refractivity contribution in [1.29, 1.82) is 0 Å². The molecule has 1 aromatic rings. The van der Waals surface area contributed by atoms with E-state index >= 15 is 0 Å². The van der Waals surface area contributed by atoms with Gasteiger partial charge in [0.25, 0.3) is 0 Å². The van der Waals surface area contributed by atoms with Gasteiger partial charge in [0.05, 0.1) is 11.1 Å². The Morgan fingerprint density at radius 1 is 1.38 bits per heavy atom. The van der Waals surface area contributed by atoms with E-state index in [1.807, 2.05) is 19.9 Å². The number of benzene rings is 1. The van der Waals surface area contributed by atoms with Gasteiger partial charge in [-0.1, -0.05) is 12.1 Å². The average Bonchev–Trinajstić information content (AvgIpc) is 2.22. The highest BCUT2D eigenvalue weighted by Gasteiger charge is 2.24. The fourth-order valence-corrected chi connectivity index (χ4v) is 2.19. The summed E-state index contributed by atoms with van der Waals surface area (Å²) in [6, 6.07) is 4.06. The van der Waals surface area contributed by atoms with Crippen molar-refractivity contribution in [1.82, 2.24) is 0 Å². The zero-order chi connectivity index (χ0) is 11.8. The van der Waals surface area contributed by atoms with Crippen molar-refractivity contribution in [2.45, 2.75) is 26.1 Å². The molecule has 0 spiro atoms. The number of hydrogen-bond acceptors (Lipinski definition) is 2. The lowest BCUT2D eigenvalue weighted by Gasteiger charge is -2.29. The molecule has 1 aliphatic heterocycles. The predicted octanol–water partition coefficient (Wildman–Crippen LogP) is 3.78. The van der Waals surface area contributed by atoms with Gasteiger partial charge in [-0.05, 0) is 47.5 Å². The van der Waals surface area contributed by atoms with E-state index in [2.05, 4.69) is 34.1 Å². The summed E-state index contributed by atoms with van der Waals surface area (Å²) in [6.45, 7) is 4.69. The summed E-state index contributed by atoms with van der Waals surface area (Å²) in [6.07, 6.45) is 4.18. The summed E-state index contributed by atoms with van der Waals surface area (Å²) in [4.78, 5) is 0. The number of halogens is 1. The Morgan fingerprint density at radius 2 is 2.12 bits per heavy atom. The van der Waals surface area contributed by atoms with E-state index < -0.39 is 0 Å². The Hall–Kier alpha value is -0.800. The highest BCUT2D eigenvalue weighted by molar-refractivity contribution is 9.10. The molecular formula is C13H15BrO2. The van der Waals surface area contributed by atoms with Gasteiger partial charge in [0.15, 0.2) is 0 Å². The molecule has 0 fully saturated rings. The van der Waals surface area contributed by atoms with Crippen LogP contribution in [0.4, 0.5) is 0 Å². The molecule has 0 N–H and O–H groups in total. The van der Waals surface area contributed by atoms with E-state index in [0.29, 0.717) is 6.61 Å². The van der Waals surface area contributed by atoms with Crippen molar-refractivity contribution in [3.8, 4) is 5.75 Å². The van der Waals surface area contributed by atoms with Gasteiger partial charge in [0.1, 0.15) is 11.4 Å². The summed E-state index contributed by atoms with van der Waals surface area (Å²) in [5, 5.41) is 0. The summed E-state index contributed by atoms with van der Waals surface area (Å²) in [5.41, 5.74) is 2.00. The van der Waals surface area contributed by atoms with Crippen LogP contribution in [0.25, 0.3) is 6.08 Å². The fourth-order valence-electron chi connectivity index (χ4n) is 1.76. The average molecular weight is 283 g/mol. The first-order valence-electron chi connectivity index (χ1n) is 5.22. The molecular weight excluding hydrogens is 268 g/mol. The molecule has 0 aromatic heterocycles. The number of fused-ring (bicyclic) bond motifs is 1. The van der Waals surface area contributed by atoms with E-state index in [-0.39, 0.29) is 5.60 Å². The van der Waals surface area contributed by atoms with E-state index in [9.17, 15) is 0 Å². The van der Waals surface area contributed by atoms with Crippen molar-refractivity contribution < 1.29 is 9.47 Å². The number of hydrogen-bond donors (Lipinski definition) is 0. The Kier molecular flexibility index (Phi) is 3.08. The lowest BCUT2D eigenvalue weighted by molar-refractivity contribution is 0.155. The Bertz CT molecular complexity index is 436. The molecule has 1 heterocycles. The molecule has 1 aliphatic rings. The molecule has 0 aliphatic carbocycles. The minimum Gasteiger partial charge on any atom is -0.482 e. The summed E-state index contributed by atoms with van der Waals surface area (Å²) < 4.78 is 12.1. The maximum Gasteiger partial charge on any atom is 0.142 e. The van der Waals surface area contributed by atoms with Crippen molar-refractivity contribution in [2.24, 2.45) is 0 Å². The first-order valence-corrected chi connectivity index (χ1v) is 6.01. The van der Waals surface area contributed by atoms with Gasteiger partial charge in [-0.15, -0.1) is 0 Å². The molecule has 0 atom stereocenters. The second-order valence-electron chi connectivity index (χ2n) is 4.42. The van der Waals surface area contributed by atoms with E-state index in [0.717, 1.165) is 21.3 Å². The van der Waals surface area contributed by atoms with Gasteiger partial charge in [-0.25, -0.2) is 0 Å². The number of methoxy groups -OCH3 is 1. The van der Waals surface area contributed by atoms with E-state index in [1.165, 1.54) is 0 Å². The second-order valence-corrected chi connectivity index (χ2v) is 5.28. The van der Waals surface area contributed by atoms with Gasteiger partial charge in [0.2, 0.25) is 0 Å². The highest BCUT2D eigenvalue weighted by Crippen LogP contribution is 2.39. The third-order valence-corrected chi connectivity index (χ3v) is 3.18. The zero-order valence-electron chi connectivity index (χ0n) is 9.71. The molecule has 0 saturated carbocycles. The van der Waals surface area contributed by atoms with E-state index in [4.69, 9.17) is 9.47 Å². The summed E-state index contributed by atoms with van der Waals surface area (Å²) in [7, 11) is 1.70. The smallest absolute Gasteiger partial charge is 0.142 e. The van der Waals surface area contributed by atoms with Crippen LogP contribution < -0.4 is 4.74 Å². The zero-order valence-corrected chi connectivity index (χ0v) is 11.3. The molecule has 0 radical (unpaired) electrons. The van der Waals surface area contributed by atoms with Crippen molar-refractivity contribution in [3.63, 3.8) is 0 Å². The van der Waals surface area contributed by atoms with Crippen LogP contribution in [0, 0.1) is 0 Å². The first kappa shape index (κ1) is 11.7. The number of ether oxygens (including phenoxy) is 2. The van der Waals surface area contributed by atoms with Gasteiger partial charge in [-0.3, -0.25) is 0 Å². The molecule has 86 valence electrons. The van der Waals surface area contributed by atoms with Gasteiger partial charge in [-0.2, -0.15) is 0 Å². The van der Waals surface area contributed by atoms with Gasteiger partial charge >= 0.3 is 0 Å². The maximum atomic E-state index is 5.95. The standard InChI is InChI=1S/C13H15BrO2/c1-13(2)7-6-10-9(8-15-3)4-5-11(14)12(10)16-13/h4-7H,8H2,1-3H3. The van der Waals surface area contributed by atoms with Crippen LogP contribution in [0.3, 0.4) is 0 Å². The van der Waals surface area contributed by atoms with Crippen LogP contribution in [-0.2, 0) is 11.3 Å². The minimum atomic E-state index is -0.249. The lowest BCUT2D eigenvalue weighted by atomic mass is 9.99. The fraction of sp³-hybridized carbons (Fsp3) is 0.385. The molecule has 0 unspecified atom stereocenters. The van der Waals surface area contributed by atoms with Crippen LogP contribution >= 0.6 is 15.9 Å². The Balaban J connectivity index is 2.51. The Morgan fingerprint density at radius 3 is 2.81 bits per heavy atom. The van der Waals surface area contributed by atoms with Gasteiger partial charge in [0, 0.05) is 12.7 Å². The normalized spacial score (nSPS) is 16.8. The monoisotopic (exact) mass is 282 g/mol. The molecule has 2 nitrogen and oxygen atoms in total. The molecule has 3 heteroatoms. The predicted molar refractivity (Wildman–Crippen MR) is 68.6 cm³/mol. The van der Waals surface area contributed by atoms with Crippen LogP contribution in [-0.4, -0.2) is 12.7 Å². The Labute approximate surface area is 104 Å². The van der Waals surface area contributed by atoms with Gasteiger partial charge < -0.3 is 9.47 Å². The topological polar surface area (TPSA) is 18.5 Å². The van der Waals surface area contributed by atoms with Crippen molar-refractivity contribution in [3.05, 3.63) is 33.8 Å². The van der Waals surface area contributed by atoms with E-state index in [1.54, 1.807) is 7.11 Å².